The van der Waals surface area contributed by atoms with E-state index in [4.69, 9.17) is 14.9 Å². The van der Waals surface area contributed by atoms with Crippen LogP contribution in [0.3, 0.4) is 0 Å². The SMILES string of the molecule is CC1OCCC1C(=O)N[C@H](CC(=O)O)C(=O)O. The number of carbonyl (C=O) groups excluding carboxylic acids is 1. The fourth-order valence-electron chi connectivity index (χ4n) is 1.73. The molecule has 0 aliphatic carbocycles. The van der Waals surface area contributed by atoms with E-state index in [1.54, 1.807) is 6.92 Å². The molecule has 7 nitrogen and oxygen atoms in total. The first kappa shape index (κ1) is 13.4. The minimum atomic E-state index is -1.40. The van der Waals surface area contributed by atoms with E-state index in [-0.39, 0.29) is 6.10 Å². The number of carbonyl (C=O) groups is 3. The van der Waals surface area contributed by atoms with E-state index in [2.05, 4.69) is 5.32 Å². The van der Waals surface area contributed by atoms with E-state index in [1.165, 1.54) is 0 Å². The summed E-state index contributed by atoms with van der Waals surface area (Å²) in [7, 11) is 0. The van der Waals surface area contributed by atoms with Gasteiger partial charge in [-0.1, -0.05) is 0 Å². The summed E-state index contributed by atoms with van der Waals surface area (Å²) in [5.74, 6) is -3.50. The van der Waals surface area contributed by atoms with Gasteiger partial charge in [0.1, 0.15) is 6.04 Å². The number of hydrogen-bond donors (Lipinski definition) is 3. The lowest BCUT2D eigenvalue weighted by atomic mass is 10.0. The zero-order valence-electron chi connectivity index (χ0n) is 9.38. The Morgan fingerprint density at radius 3 is 2.47 bits per heavy atom. The van der Waals surface area contributed by atoms with Crippen LogP contribution in [0.15, 0.2) is 0 Å². The van der Waals surface area contributed by atoms with Crippen LogP contribution in [0.2, 0.25) is 0 Å². The molecule has 1 heterocycles. The second-order valence-electron chi connectivity index (χ2n) is 3.97. The van der Waals surface area contributed by atoms with Crippen molar-refractivity contribution in [1.82, 2.24) is 5.32 Å². The fourth-order valence-corrected chi connectivity index (χ4v) is 1.73. The van der Waals surface area contributed by atoms with E-state index in [0.717, 1.165) is 0 Å². The summed E-state index contributed by atoms with van der Waals surface area (Å²) in [6, 6.07) is -1.40. The minimum Gasteiger partial charge on any atom is -0.481 e. The molecule has 3 atom stereocenters. The molecule has 7 heteroatoms. The Kier molecular flexibility index (Phi) is 4.45. The van der Waals surface area contributed by atoms with E-state index < -0.39 is 36.2 Å². The maximum absolute atomic E-state index is 11.7. The third kappa shape index (κ3) is 3.70. The average Bonchev–Trinajstić information content (AvgIpc) is 2.62. The van der Waals surface area contributed by atoms with Gasteiger partial charge in [0.05, 0.1) is 18.4 Å². The van der Waals surface area contributed by atoms with Crippen molar-refractivity contribution in [2.75, 3.05) is 6.61 Å². The van der Waals surface area contributed by atoms with E-state index in [9.17, 15) is 14.4 Å². The van der Waals surface area contributed by atoms with Crippen molar-refractivity contribution in [1.29, 1.82) is 0 Å². The van der Waals surface area contributed by atoms with Gasteiger partial charge in [-0.05, 0) is 13.3 Å². The van der Waals surface area contributed by atoms with Crippen LogP contribution in [-0.4, -0.2) is 46.8 Å². The Labute approximate surface area is 97.8 Å². The van der Waals surface area contributed by atoms with Crippen LogP contribution >= 0.6 is 0 Å². The predicted molar refractivity (Wildman–Crippen MR) is 55.3 cm³/mol. The summed E-state index contributed by atoms with van der Waals surface area (Å²) in [5, 5.41) is 19.5. The Morgan fingerprint density at radius 2 is 2.06 bits per heavy atom. The Balaban J connectivity index is 2.57. The molecule has 3 N–H and O–H groups in total. The molecule has 0 aromatic carbocycles. The number of hydrogen-bond acceptors (Lipinski definition) is 4. The summed E-state index contributed by atoms with van der Waals surface area (Å²) in [5.41, 5.74) is 0. The van der Waals surface area contributed by atoms with Crippen molar-refractivity contribution >= 4 is 17.8 Å². The highest BCUT2D eigenvalue weighted by molar-refractivity contribution is 5.88. The Bertz CT molecular complexity index is 329. The quantitative estimate of drug-likeness (QED) is 0.599. The molecule has 0 radical (unpaired) electrons. The van der Waals surface area contributed by atoms with Crippen LogP contribution in [0, 0.1) is 5.92 Å². The van der Waals surface area contributed by atoms with Crippen LogP contribution in [0.25, 0.3) is 0 Å². The lowest BCUT2D eigenvalue weighted by Crippen LogP contribution is -2.46. The molecule has 1 aliphatic heterocycles. The second kappa shape index (κ2) is 5.62. The topological polar surface area (TPSA) is 113 Å². The van der Waals surface area contributed by atoms with Gasteiger partial charge in [0.25, 0.3) is 0 Å². The molecular formula is C10H15NO6. The van der Waals surface area contributed by atoms with Gasteiger partial charge in [-0.3, -0.25) is 9.59 Å². The monoisotopic (exact) mass is 245 g/mol. The van der Waals surface area contributed by atoms with Crippen molar-refractivity contribution in [3.63, 3.8) is 0 Å². The highest BCUT2D eigenvalue weighted by Crippen LogP contribution is 2.20. The summed E-state index contributed by atoms with van der Waals surface area (Å²) in [4.78, 5) is 32.9. The normalized spacial score (nSPS) is 25.2. The summed E-state index contributed by atoms with van der Waals surface area (Å²) < 4.78 is 5.19. The summed E-state index contributed by atoms with van der Waals surface area (Å²) in [6.07, 6.45) is -0.385. The first-order valence-electron chi connectivity index (χ1n) is 5.28. The van der Waals surface area contributed by atoms with Gasteiger partial charge < -0.3 is 20.3 Å². The number of nitrogens with one attached hydrogen (secondary N) is 1. The minimum absolute atomic E-state index is 0.269. The fraction of sp³-hybridized carbons (Fsp3) is 0.700. The molecule has 1 fully saturated rings. The number of rotatable bonds is 5. The lowest BCUT2D eigenvalue weighted by molar-refractivity contribution is -0.147. The standard InChI is InChI=1S/C10H15NO6/c1-5-6(2-3-17-5)9(14)11-7(10(15)16)4-8(12)13/h5-7H,2-4H2,1H3,(H,11,14)(H,12,13)(H,15,16)/t5?,6?,7-/m1/s1. The van der Waals surface area contributed by atoms with Crippen molar-refractivity contribution in [3.8, 4) is 0 Å². The third-order valence-electron chi connectivity index (χ3n) is 2.71. The van der Waals surface area contributed by atoms with E-state index in [0.29, 0.717) is 13.0 Å². The second-order valence-corrected chi connectivity index (χ2v) is 3.97. The Morgan fingerprint density at radius 1 is 1.41 bits per heavy atom. The highest BCUT2D eigenvalue weighted by atomic mass is 16.5. The number of amides is 1. The smallest absolute Gasteiger partial charge is 0.326 e. The first-order valence-corrected chi connectivity index (χ1v) is 5.28. The molecule has 2 unspecified atom stereocenters. The highest BCUT2D eigenvalue weighted by Gasteiger charge is 2.33. The van der Waals surface area contributed by atoms with Gasteiger partial charge in [0.2, 0.25) is 5.91 Å². The van der Waals surface area contributed by atoms with Crippen LogP contribution in [0.1, 0.15) is 19.8 Å². The first-order chi connectivity index (χ1) is 7.91. The molecular weight excluding hydrogens is 230 g/mol. The molecule has 0 aromatic heterocycles. The average molecular weight is 245 g/mol. The zero-order valence-corrected chi connectivity index (χ0v) is 9.38. The summed E-state index contributed by atoms with van der Waals surface area (Å²) in [6.45, 7) is 2.18. The molecule has 1 amide bonds. The maximum Gasteiger partial charge on any atom is 0.326 e. The maximum atomic E-state index is 11.7. The van der Waals surface area contributed by atoms with Crippen molar-refractivity contribution in [3.05, 3.63) is 0 Å². The van der Waals surface area contributed by atoms with Gasteiger partial charge >= 0.3 is 11.9 Å². The van der Waals surface area contributed by atoms with Crippen molar-refractivity contribution in [2.24, 2.45) is 5.92 Å². The number of ether oxygens (including phenoxy) is 1. The Hall–Kier alpha value is -1.63. The summed E-state index contributed by atoms with van der Waals surface area (Å²) >= 11 is 0. The molecule has 0 saturated carbocycles. The molecule has 96 valence electrons. The van der Waals surface area contributed by atoms with Crippen LogP contribution in [-0.2, 0) is 19.1 Å². The molecule has 0 aromatic rings. The van der Waals surface area contributed by atoms with Crippen LogP contribution in [0.4, 0.5) is 0 Å². The zero-order chi connectivity index (χ0) is 13.0. The molecule has 1 rings (SSSR count). The van der Waals surface area contributed by atoms with Crippen LogP contribution in [0.5, 0.6) is 0 Å². The number of carboxylic acid groups (broad SMARTS) is 2. The van der Waals surface area contributed by atoms with Gasteiger partial charge in [-0.25, -0.2) is 4.79 Å². The molecule has 0 spiro atoms. The van der Waals surface area contributed by atoms with Crippen molar-refractivity contribution < 1.29 is 29.3 Å². The molecule has 1 saturated heterocycles. The number of carboxylic acids is 2. The van der Waals surface area contributed by atoms with Gasteiger partial charge in [0.15, 0.2) is 0 Å². The molecule has 17 heavy (non-hydrogen) atoms. The van der Waals surface area contributed by atoms with Gasteiger partial charge in [-0.2, -0.15) is 0 Å². The molecule has 1 aliphatic rings. The number of aliphatic carboxylic acids is 2. The largest absolute Gasteiger partial charge is 0.481 e. The van der Waals surface area contributed by atoms with Crippen LogP contribution < -0.4 is 5.32 Å². The third-order valence-corrected chi connectivity index (χ3v) is 2.71. The van der Waals surface area contributed by atoms with Crippen molar-refractivity contribution in [2.45, 2.75) is 31.9 Å². The predicted octanol–water partition coefficient (Wildman–Crippen LogP) is -0.544. The van der Waals surface area contributed by atoms with Gasteiger partial charge in [-0.15, -0.1) is 0 Å². The van der Waals surface area contributed by atoms with E-state index in [1.807, 2.05) is 0 Å². The van der Waals surface area contributed by atoms with Gasteiger partial charge in [0, 0.05) is 6.61 Å². The molecule has 0 bridgehead atoms. The lowest BCUT2D eigenvalue weighted by Gasteiger charge is -2.17. The van der Waals surface area contributed by atoms with E-state index >= 15 is 0 Å².